The Morgan fingerprint density at radius 1 is 1.37 bits per heavy atom. The number of esters is 1. The Morgan fingerprint density at radius 3 is 2.53 bits per heavy atom. The minimum absolute atomic E-state index is 0.0331. The van der Waals surface area contributed by atoms with Crippen molar-refractivity contribution in [2.75, 3.05) is 5.73 Å². The van der Waals surface area contributed by atoms with E-state index >= 15 is 0 Å². The minimum Gasteiger partial charge on any atom is -0.426 e. The fraction of sp³-hybridized carbons (Fsp3) is 0.462. The average Bonchev–Trinajstić information content (AvgIpc) is 2.27. The molecule has 0 fully saturated rings. The van der Waals surface area contributed by atoms with Crippen molar-refractivity contribution in [3.63, 3.8) is 0 Å². The molecule has 0 aliphatic carbocycles. The highest BCUT2D eigenvalue weighted by Gasteiger charge is 2.35. The molecule has 19 heavy (non-hydrogen) atoms. The second-order valence-corrected chi connectivity index (χ2v) is 4.66. The maximum Gasteiger partial charge on any atom is 0.420 e. The van der Waals surface area contributed by atoms with E-state index in [0.717, 1.165) is 12.1 Å². The first kappa shape index (κ1) is 15.3. The van der Waals surface area contributed by atoms with Crippen LogP contribution in [0.3, 0.4) is 0 Å². The number of hydrogen-bond acceptors (Lipinski definition) is 3. The summed E-state index contributed by atoms with van der Waals surface area (Å²) in [4.78, 5) is 11.5. The maximum absolute atomic E-state index is 12.7. The number of ether oxygens (including phenoxy) is 1. The molecule has 1 rings (SSSR count). The highest BCUT2D eigenvalue weighted by molar-refractivity contribution is 5.73. The molecule has 0 atom stereocenters. The minimum atomic E-state index is -4.61. The lowest BCUT2D eigenvalue weighted by Gasteiger charge is -2.13. The van der Waals surface area contributed by atoms with Gasteiger partial charge in [0.05, 0.1) is 0 Å². The van der Waals surface area contributed by atoms with Crippen LogP contribution < -0.4 is 10.5 Å². The second kappa shape index (κ2) is 5.95. The van der Waals surface area contributed by atoms with E-state index in [1.165, 1.54) is 6.07 Å². The van der Waals surface area contributed by atoms with Gasteiger partial charge in [-0.1, -0.05) is 13.8 Å². The molecule has 0 amide bonds. The van der Waals surface area contributed by atoms with Crippen LogP contribution in [0.4, 0.5) is 18.9 Å². The number of nitrogen functional groups attached to an aromatic ring is 1. The molecule has 1 aromatic rings. The molecule has 0 unspecified atom stereocenters. The van der Waals surface area contributed by atoms with Crippen LogP contribution >= 0.6 is 0 Å². The van der Waals surface area contributed by atoms with Crippen molar-refractivity contribution in [2.45, 2.75) is 32.9 Å². The lowest BCUT2D eigenvalue weighted by Crippen LogP contribution is -2.14. The normalized spacial score (nSPS) is 11.7. The Hall–Kier alpha value is -1.72. The molecule has 1 aromatic carbocycles. The smallest absolute Gasteiger partial charge is 0.420 e. The van der Waals surface area contributed by atoms with E-state index in [2.05, 4.69) is 0 Å². The summed E-state index contributed by atoms with van der Waals surface area (Å²) in [5.41, 5.74) is 4.24. The van der Waals surface area contributed by atoms with E-state index in [4.69, 9.17) is 10.5 Å². The first-order valence-corrected chi connectivity index (χ1v) is 5.87. The van der Waals surface area contributed by atoms with Gasteiger partial charge in [0.15, 0.2) is 0 Å². The molecule has 0 bridgehead atoms. The molecule has 0 saturated heterocycles. The van der Waals surface area contributed by atoms with Gasteiger partial charge in [-0.05, 0) is 30.5 Å². The Balaban J connectivity index is 2.86. The van der Waals surface area contributed by atoms with Crippen LogP contribution in [0, 0.1) is 5.92 Å². The fourth-order valence-electron chi connectivity index (χ4n) is 1.44. The molecule has 0 heterocycles. The summed E-state index contributed by atoms with van der Waals surface area (Å²) in [6.07, 6.45) is -3.96. The summed E-state index contributed by atoms with van der Waals surface area (Å²) < 4.78 is 43.0. The van der Waals surface area contributed by atoms with E-state index < -0.39 is 23.5 Å². The average molecular weight is 275 g/mol. The number of nitrogens with two attached hydrogens (primary N) is 1. The van der Waals surface area contributed by atoms with E-state index in [0.29, 0.717) is 6.42 Å². The number of rotatable bonds is 4. The number of carbonyl (C=O) groups excluding carboxylic acids is 1. The van der Waals surface area contributed by atoms with Crippen molar-refractivity contribution in [1.29, 1.82) is 0 Å². The molecule has 0 aromatic heterocycles. The van der Waals surface area contributed by atoms with E-state index in [-0.39, 0.29) is 18.0 Å². The first-order chi connectivity index (χ1) is 8.70. The zero-order valence-corrected chi connectivity index (χ0v) is 10.8. The zero-order valence-electron chi connectivity index (χ0n) is 10.8. The summed E-state index contributed by atoms with van der Waals surface area (Å²) in [5, 5.41) is 0. The SMILES string of the molecule is CC(C)CCC(=O)Oc1ccc(N)cc1C(F)(F)F. The van der Waals surface area contributed by atoms with Crippen LogP contribution in [0.1, 0.15) is 32.3 Å². The monoisotopic (exact) mass is 275 g/mol. The lowest BCUT2D eigenvalue weighted by molar-refractivity contribution is -0.142. The topological polar surface area (TPSA) is 52.3 Å². The number of alkyl halides is 3. The van der Waals surface area contributed by atoms with Crippen molar-refractivity contribution in [3.8, 4) is 5.75 Å². The Labute approximate surface area is 109 Å². The Bertz CT molecular complexity index is 456. The number of benzene rings is 1. The van der Waals surface area contributed by atoms with Crippen molar-refractivity contribution in [2.24, 2.45) is 5.92 Å². The van der Waals surface area contributed by atoms with Crippen LogP contribution in [0.25, 0.3) is 0 Å². The van der Waals surface area contributed by atoms with Gasteiger partial charge < -0.3 is 10.5 Å². The summed E-state index contributed by atoms with van der Waals surface area (Å²) >= 11 is 0. The number of anilines is 1. The van der Waals surface area contributed by atoms with Crippen LogP contribution in [0.5, 0.6) is 5.75 Å². The second-order valence-electron chi connectivity index (χ2n) is 4.66. The van der Waals surface area contributed by atoms with Crippen LogP contribution in [-0.2, 0) is 11.0 Å². The van der Waals surface area contributed by atoms with Gasteiger partial charge in [0, 0.05) is 12.1 Å². The molecule has 0 aliphatic heterocycles. The Morgan fingerprint density at radius 2 is 2.00 bits per heavy atom. The number of halogens is 3. The summed E-state index contributed by atoms with van der Waals surface area (Å²) in [7, 11) is 0. The highest BCUT2D eigenvalue weighted by Crippen LogP contribution is 2.37. The number of carbonyl (C=O) groups is 1. The van der Waals surface area contributed by atoms with Gasteiger partial charge in [-0.15, -0.1) is 0 Å². The fourth-order valence-corrected chi connectivity index (χ4v) is 1.44. The zero-order chi connectivity index (χ0) is 14.6. The van der Waals surface area contributed by atoms with Crippen LogP contribution in [0.15, 0.2) is 18.2 Å². The van der Waals surface area contributed by atoms with Gasteiger partial charge in [-0.25, -0.2) is 0 Å². The predicted molar refractivity (Wildman–Crippen MR) is 65.6 cm³/mol. The molecular weight excluding hydrogens is 259 g/mol. The van der Waals surface area contributed by atoms with E-state index in [9.17, 15) is 18.0 Å². The lowest BCUT2D eigenvalue weighted by atomic mass is 10.1. The standard InChI is InChI=1S/C13H16F3NO2/c1-8(2)3-6-12(18)19-11-5-4-9(17)7-10(11)13(14,15)16/h4-5,7-8H,3,6,17H2,1-2H3. The van der Waals surface area contributed by atoms with Gasteiger partial charge in [-0.2, -0.15) is 13.2 Å². The third-order valence-corrected chi connectivity index (χ3v) is 2.46. The van der Waals surface area contributed by atoms with E-state index in [1.54, 1.807) is 0 Å². The third-order valence-electron chi connectivity index (χ3n) is 2.46. The van der Waals surface area contributed by atoms with Gasteiger partial charge in [-0.3, -0.25) is 4.79 Å². The number of hydrogen-bond donors (Lipinski definition) is 1. The summed E-state index contributed by atoms with van der Waals surface area (Å²) in [6, 6.07) is 3.08. The van der Waals surface area contributed by atoms with Crippen molar-refractivity contribution < 1.29 is 22.7 Å². The molecule has 3 nitrogen and oxygen atoms in total. The Kier molecular flexibility index (Phi) is 4.80. The van der Waals surface area contributed by atoms with Crippen molar-refractivity contribution in [3.05, 3.63) is 23.8 Å². The van der Waals surface area contributed by atoms with Crippen LogP contribution in [0.2, 0.25) is 0 Å². The predicted octanol–water partition coefficient (Wildman–Crippen LogP) is 3.63. The maximum atomic E-state index is 12.7. The summed E-state index contributed by atoms with van der Waals surface area (Å²) in [5.74, 6) is -0.902. The third kappa shape index (κ3) is 4.81. The van der Waals surface area contributed by atoms with Gasteiger partial charge in [0.25, 0.3) is 0 Å². The quantitative estimate of drug-likeness (QED) is 0.518. The van der Waals surface area contributed by atoms with Crippen molar-refractivity contribution in [1.82, 2.24) is 0 Å². The molecule has 2 N–H and O–H groups in total. The van der Waals surface area contributed by atoms with Crippen LogP contribution in [-0.4, -0.2) is 5.97 Å². The molecule has 106 valence electrons. The molecule has 0 aliphatic rings. The first-order valence-electron chi connectivity index (χ1n) is 5.87. The molecule has 0 saturated carbocycles. The van der Waals surface area contributed by atoms with E-state index in [1.807, 2.05) is 13.8 Å². The highest BCUT2D eigenvalue weighted by atomic mass is 19.4. The molecular formula is C13H16F3NO2. The summed E-state index contributed by atoms with van der Waals surface area (Å²) in [6.45, 7) is 3.83. The molecule has 0 radical (unpaired) electrons. The molecule has 0 spiro atoms. The molecule has 6 heteroatoms. The van der Waals surface area contributed by atoms with Gasteiger partial charge in [0.2, 0.25) is 0 Å². The van der Waals surface area contributed by atoms with Gasteiger partial charge in [0.1, 0.15) is 11.3 Å². The van der Waals surface area contributed by atoms with Gasteiger partial charge >= 0.3 is 12.1 Å². The van der Waals surface area contributed by atoms with Crippen molar-refractivity contribution >= 4 is 11.7 Å². The largest absolute Gasteiger partial charge is 0.426 e.